The van der Waals surface area contributed by atoms with Crippen molar-refractivity contribution >= 4 is 17.5 Å². The minimum absolute atomic E-state index is 0.0667. The van der Waals surface area contributed by atoms with Crippen molar-refractivity contribution in [3.8, 4) is 0 Å². The Balaban J connectivity index is 1.31. The molecule has 1 atom stereocenters. The first-order chi connectivity index (χ1) is 12.0. The van der Waals surface area contributed by atoms with Crippen LogP contribution in [0.15, 0.2) is 24.4 Å². The maximum Gasteiger partial charge on any atom is 0.273 e. The van der Waals surface area contributed by atoms with Crippen LogP contribution >= 0.6 is 11.6 Å². The Hall–Kier alpha value is -1.99. The summed E-state index contributed by atoms with van der Waals surface area (Å²) >= 11 is 6.13. The summed E-state index contributed by atoms with van der Waals surface area (Å²) < 4.78 is 14.9. The number of nitrogens with one attached hydrogen (secondary N) is 1. The molecule has 2 aliphatic rings. The highest BCUT2D eigenvalue weighted by Gasteiger charge is 2.33. The largest absolute Gasteiger partial charge is 0.345 e. The molecule has 1 saturated heterocycles. The Morgan fingerprint density at radius 2 is 2.16 bits per heavy atom. The van der Waals surface area contributed by atoms with Gasteiger partial charge >= 0.3 is 0 Å². The van der Waals surface area contributed by atoms with Gasteiger partial charge < -0.3 is 5.32 Å². The molecule has 1 aromatic carbocycles. The number of carbonyl (C=O) groups excluding carboxylic acids is 1. The van der Waals surface area contributed by atoms with E-state index in [9.17, 15) is 9.18 Å². The molecule has 1 aliphatic heterocycles. The van der Waals surface area contributed by atoms with Gasteiger partial charge in [-0.3, -0.25) is 9.69 Å². The first kappa shape index (κ1) is 16.5. The Kier molecular flexibility index (Phi) is 4.21. The third-order valence-electron chi connectivity index (χ3n) is 4.87. The van der Waals surface area contributed by atoms with Crippen LogP contribution in [0.4, 0.5) is 4.39 Å². The molecule has 6 nitrogen and oxygen atoms in total. The lowest BCUT2D eigenvalue weighted by Crippen LogP contribution is -2.59. The van der Waals surface area contributed by atoms with Crippen LogP contribution in [0.5, 0.6) is 0 Å². The molecule has 8 heteroatoms. The Morgan fingerprint density at radius 1 is 1.40 bits per heavy atom. The fourth-order valence-corrected chi connectivity index (χ4v) is 3.44. The zero-order chi connectivity index (χ0) is 17.6. The highest BCUT2D eigenvalue weighted by molar-refractivity contribution is 6.31. The van der Waals surface area contributed by atoms with Gasteiger partial charge in [-0.2, -0.15) is 0 Å². The van der Waals surface area contributed by atoms with Gasteiger partial charge in [0.05, 0.1) is 18.3 Å². The summed E-state index contributed by atoms with van der Waals surface area (Å²) in [6, 6.07) is 5.01. The van der Waals surface area contributed by atoms with Crippen LogP contribution in [0.1, 0.15) is 47.9 Å². The van der Waals surface area contributed by atoms with E-state index in [1.165, 1.54) is 12.1 Å². The zero-order valence-electron chi connectivity index (χ0n) is 13.8. The number of nitrogens with zero attached hydrogens (tertiary/aromatic N) is 4. The molecule has 132 valence electrons. The second kappa shape index (κ2) is 6.38. The molecule has 2 fully saturated rings. The van der Waals surface area contributed by atoms with Crippen molar-refractivity contribution in [1.82, 2.24) is 25.2 Å². The van der Waals surface area contributed by atoms with Gasteiger partial charge in [0.15, 0.2) is 5.69 Å². The van der Waals surface area contributed by atoms with Gasteiger partial charge in [-0.15, -0.1) is 5.10 Å². The molecule has 0 spiro atoms. The van der Waals surface area contributed by atoms with Crippen LogP contribution in [-0.2, 0) is 0 Å². The molecule has 1 aromatic heterocycles. The summed E-state index contributed by atoms with van der Waals surface area (Å²) in [5.41, 5.74) is 1.25. The predicted octanol–water partition coefficient (Wildman–Crippen LogP) is 2.58. The molecule has 1 N–H and O–H groups in total. The molecule has 2 heterocycles. The van der Waals surface area contributed by atoms with E-state index in [0.29, 0.717) is 16.8 Å². The van der Waals surface area contributed by atoms with E-state index in [-0.39, 0.29) is 23.8 Å². The zero-order valence-corrected chi connectivity index (χ0v) is 14.6. The average Bonchev–Trinajstić information content (AvgIpc) is 3.27. The third-order valence-corrected chi connectivity index (χ3v) is 5.20. The second-order valence-corrected chi connectivity index (χ2v) is 7.19. The molecule has 2 aromatic rings. The number of amides is 1. The fourth-order valence-electron chi connectivity index (χ4n) is 3.11. The van der Waals surface area contributed by atoms with Crippen LogP contribution in [0.2, 0.25) is 5.02 Å². The van der Waals surface area contributed by atoms with Crippen LogP contribution < -0.4 is 5.32 Å². The molecule has 1 aliphatic carbocycles. The summed E-state index contributed by atoms with van der Waals surface area (Å²) in [5, 5.41) is 11.3. The van der Waals surface area contributed by atoms with Gasteiger partial charge in [-0.05, 0) is 37.5 Å². The summed E-state index contributed by atoms with van der Waals surface area (Å²) in [7, 11) is 0. The molecule has 0 bridgehead atoms. The Morgan fingerprint density at radius 3 is 2.84 bits per heavy atom. The van der Waals surface area contributed by atoms with Crippen LogP contribution in [-0.4, -0.2) is 44.9 Å². The highest BCUT2D eigenvalue weighted by Crippen LogP contribution is 2.34. The van der Waals surface area contributed by atoms with E-state index < -0.39 is 0 Å². The van der Waals surface area contributed by atoms with E-state index in [1.807, 2.05) is 6.92 Å². The lowest BCUT2D eigenvalue weighted by atomic mass is 10.00. The van der Waals surface area contributed by atoms with Crippen LogP contribution in [0.3, 0.4) is 0 Å². The molecule has 1 unspecified atom stereocenters. The minimum Gasteiger partial charge on any atom is -0.345 e. The van der Waals surface area contributed by atoms with E-state index in [2.05, 4.69) is 20.5 Å². The molecule has 25 heavy (non-hydrogen) atoms. The van der Waals surface area contributed by atoms with Crippen LogP contribution in [0, 0.1) is 5.82 Å². The Labute approximate surface area is 149 Å². The number of rotatable bonds is 5. The van der Waals surface area contributed by atoms with Crippen molar-refractivity contribution in [1.29, 1.82) is 0 Å². The quantitative estimate of drug-likeness (QED) is 0.886. The topological polar surface area (TPSA) is 63.1 Å². The smallest absolute Gasteiger partial charge is 0.273 e. The maximum absolute atomic E-state index is 13.2. The van der Waals surface area contributed by atoms with Gasteiger partial charge in [0.25, 0.3) is 5.91 Å². The number of likely N-dealkylation sites (tertiary alicyclic amines) is 1. The minimum atomic E-state index is -0.339. The van der Waals surface area contributed by atoms with Gasteiger partial charge in [0.2, 0.25) is 0 Å². The molecular weight excluding hydrogens is 345 g/mol. The van der Waals surface area contributed by atoms with Gasteiger partial charge in [0, 0.05) is 24.2 Å². The Bertz CT molecular complexity index is 800. The standard InChI is InChI=1S/C17H19ClFN5O/c1-10(14-5-2-11(19)6-15(14)18)23-7-12(8-23)20-17(25)16-9-24(22-21-16)13-3-4-13/h2,5-6,9-10,12-13H,3-4,7-8H2,1H3,(H,20,25). The summed E-state index contributed by atoms with van der Waals surface area (Å²) in [4.78, 5) is 14.4. The fraction of sp³-hybridized carbons (Fsp3) is 0.471. The second-order valence-electron chi connectivity index (χ2n) is 6.78. The summed E-state index contributed by atoms with van der Waals surface area (Å²) in [6.07, 6.45) is 3.92. The SMILES string of the molecule is CC(c1ccc(F)cc1Cl)N1CC(NC(=O)c2cn(C3CC3)nn2)C1. The van der Waals surface area contributed by atoms with Crippen molar-refractivity contribution in [2.24, 2.45) is 0 Å². The van der Waals surface area contributed by atoms with E-state index in [4.69, 9.17) is 11.6 Å². The number of halogens is 2. The number of benzene rings is 1. The molecule has 1 amide bonds. The van der Waals surface area contributed by atoms with E-state index >= 15 is 0 Å². The van der Waals surface area contributed by atoms with Crippen LogP contribution in [0.25, 0.3) is 0 Å². The van der Waals surface area contributed by atoms with Gasteiger partial charge in [-0.25, -0.2) is 9.07 Å². The molecule has 4 rings (SSSR count). The number of hydrogen-bond donors (Lipinski definition) is 1. The van der Waals surface area contributed by atoms with Crippen molar-refractivity contribution in [2.75, 3.05) is 13.1 Å². The maximum atomic E-state index is 13.2. The van der Waals surface area contributed by atoms with Crippen molar-refractivity contribution < 1.29 is 9.18 Å². The first-order valence-electron chi connectivity index (χ1n) is 8.43. The van der Waals surface area contributed by atoms with E-state index in [0.717, 1.165) is 31.5 Å². The normalized spacial score (nSPS) is 19.5. The third kappa shape index (κ3) is 3.39. The van der Waals surface area contributed by atoms with Crippen molar-refractivity contribution in [3.05, 3.63) is 46.5 Å². The average molecular weight is 364 g/mol. The summed E-state index contributed by atoms with van der Waals surface area (Å²) in [6.45, 7) is 3.47. The molecule has 1 saturated carbocycles. The predicted molar refractivity (Wildman–Crippen MR) is 90.9 cm³/mol. The lowest BCUT2D eigenvalue weighted by molar-refractivity contribution is 0.0672. The monoisotopic (exact) mass is 363 g/mol. The first-order valence-corrected chi connectivity index (χ1v) is 8.81. The number of carbonyl (C=O) groups is 1. The van der Waals surface area contributed by atoms with Crippen molar-refractivity contribution in [3.63, 3.8) is 0 Å². The highest BCUT2D eigenvalue weighted by atomic mass is 35.5. The number of aromatic nitrogens is 3. The molecular formula is C17H19ClFN5O. The van der Waals surface area contributed by atoms with Crippen molar-refractivity contribution in [2.45, 2.75) is 37.9 Å². The van der Waals surface area contributed by atoms with Gasteiger partial charge in [-0.1, -0.05) is 22.9 Å². The molecule has 0 radical (unpaired) electrons. The van der Waals surface area contributed by atoms with E-state index in [1.54, 1.807) is 16.9 Å². The van der Waals surface area contributed by atoms with Gasteiger partial charge in [0.1, 0.15) is 5.82 Å². The lowest BCUT2D eigenvalue weighted by Gasteiger charge is -2.43. The number of hydrogen-bond acceptors (Lipinski definition) is 4. The summed E-state index contributed by atoms with van der Waals surface area (Å²) in [5.74, 6) is -0.530.